The number of nitrogens with two attached hydrogens (primary N) is 1. The van der Waals surface area contributed by atoms with Gasteiger partial charge in [0.15, 0.2) is 0 Å². The highest BCUT2D eigenvalue weighted by molar-refractivity contribution is 5.97. The maximum Gasteiger partial charge on any atom is 0.254 e. The molecule has 0 bridgehead atoms. The first-order valence-corrected chi connectivity index (χ1v) is 9.48. The van der Waals surface area contributed by atoms with Crippen LogP contribution in [-0.4, -0.2) is 50.4 Å². The second-order valence-corrected chi connectivity index (χ2v) is 7.67. The summed E-state index contributed by atoms with van der Waals surface area (Å²) in [5.74, 6) is 0.568. The quantitative estimate of drug-likeness (QED) is 0.531. The second kappa shape index (κ2) is 8.18. The zero-order valence-corrected chi connectivity index (χ0v) is 15.2. The van der Waals surface area contributed by atoms with Crippen molar-refractivity contribution in [2.24, 2.45) is 11.7 Å². The normalized spacial score (nSPS) is 32.0. The van der Waals surface area contributed by atoms with E-state index in [1.54, 1.807) is 0 Å². The molecule has 26 heavy (non-hydrogen) atoms. The van der Waals surface area contributed by atoms with Crippen LogP contribution in [0.15, 0.2) is 6.20 Å². The molecule has 2 fully saturated rings. The summed E-state index contributed by atoms with van der Waals surface area (Å²) in [6, 6.07) is 0.259. The molecular weight excluding hydrogens is 334 g/mol. The van der Waals surface area contributed by atoms with Crippen molar-refractivity contribution in [1.82, 2.24) is 9.97 Å². The SMILES string of the molecule is C[C@@H]1CCC(Nc2nc(N[C@H]3CC[C@H](O)CC3)ncc2C(N)=O)C[C@H]1O. The van der Waals surface area contributed by atoms with Gasteiger partial charge in [0, 0.05) is 18.3 Å². The van der Waals surface area contributed by atoms with Gasteiger partial charge in [-0.05, 0) is 50.9 Å². The lowest BCUT2D eigenvalue weighted by Crippen LogP contribution is -2.36. The van der Waals surface area contributed by atoms with Gasteiger partial charge in [-0.15, -0.1) is 0 Å². The van der Waals surface area contributed by atoms with Crippen molar-refractivity contribution in [3.8, 4) is 0 Å². The van der Waals surface area contributed by atoms with Crippen molar-refractivity contribution in [2.75, 3.05) is 10.6 Å². The highest BCUT2D eigenvalue weighted by atomic mass is 16.3. The lowest BCUT2D eigenvalue weighted by Gasteiger charge is -2.32. The molecule has 8 nitrogen and oxygen atoms in total. The van der Waals surface area contributed by atoms with Gasteiger partial charge in [-0.2, -0.15) is 4.98 Å². The van der Waals surface area contributed by atoms with Gasteiger partial charge in [-0.1, -0.05) is 6.92 Å². The fourth-order valence-corrected chi connectivity index (χ4v) is 3.77. The molecule has 3 rings (SSSR count). The Hall–Kier alpha value is -1.93. The third kappa shape index (κ3) is 4.62. The first-order chi connectivity index (χ1) is 12.4. The molecular formula is C18H29N5O3. The van der Waals surface area contributed by atoms with Crippen LogP contribution in [0.3, 0.4) is 0 Å². The number of aliphatic hydroxyl groups is 2. The largest absolute Gasteiger partial charge is 0.393 e. The Morgan fingerprint density at radius 2 is 1.81 bits per heavy atom. The Balaban J connectivity index is 1.71. The maximum absolute atomic E-state index is 11.7. The summed E-state index contributed by atoms with van der Waals surface area (Å²) in [6.07, 6.45) is 6.56. The van der Waals surface area contributed by atoms with Gasteiger partial charge in [0.1, 0.15) is 5.82 Å². The smallest absolute Gasteiger partial charge is 0.254 e. The van der Waals surface area contributed by atoms with Crippen molar-refractivity contribution in [2.45, 2.75) is 76.2 Å². The lowest BCUT2D eigenvalue weighted by molar-refractivity contribution is 0.0739. The monoisotopic (exact) mass is 363 g/mol. The number of carbonyl (C=O) groups is 1. The molecule has 0 spiro atoms. The number of carbonyl (C=O) groups excluding carboxylic acids is 1. The van der Waals surface area contributed by atoms with Crippen LogP contribution in [0.1, 0.15) is 62.2 Å². The molecule has 0 saturated heterocycles. The van der Waals surface area contributed by atoms with Crippen molar-refractivity contribution in [1.29, 1.82) is 0 Å². The number of nitrogens with zero attached hydrogens (tertiary/aromatic N) is 2. The average molecular weight is 363 g/mol. The van der Waals surface area contributed by atoms with E-state index >= 15 is 0 Å². The fourth-order valence-electron chi connectivity index (χ4n) is 3.77. The minimum Gasteiger partial charge on any atom is -0.393 e. The number of rotatable bonds is 5. The van der Waals surface area contributed by atoms with E-state index in [0.29, 0.717) is 18.2 Å². The number of aromatic nitrogens is 2. The van der Waals surface area contributed by atoms with E-state index in [4.69, 9.17) is 5.73 Å². The van der Waals surface area contributed by atoms with E-state index in [1.807, 2.05) is 6.92 Å². The van der Waals surface area contributed by atoms with Gasteiger partial charge in [-0.25, -0.2) is 4.98 Å². The number of anilines is 2. The molecule has 2 aliphatic rings. The maximum atomic E-state index is 11.7. The van der Waals surface area contributed by atoms with Crippen LogP contribution in [0.4, 0.5) is 11.8 Å². The Morgan fingerprint density at radius 1 is 1.12 bits per heavy atom. The number of nitrogens with one attached hydrogen (secondary N) is 2. The van der Waals surface area contributed by atoms with Crippen LogP contribution < -0.4 is 16.4 Å². The minimum atomic E-state index is -0.579. The summed E-state index contributed by atoms with van der Waals surface area (Å²) in [5, 5.41) is 26.3. The van der Waals surface area contributed by atoms with E-state index in [2.05, 4.69) is 20.6 Å². The van der Waals surface area contributed by atoms with Gasteiger partial charge in [-0.3, -0.25) is 4.79 Å². The summed E-state index contributed by atoms with van der Waals surface area (Å²) in [6.45, 7) is 2.05. The molecule has 3 atom stereocenters. The molecule has 1 amide bonds. The first-order valence-electron chi connectivity index (χ1n) is 9.48. The molecule has 1 heterocycles. The summed E-state index contributed by atoms with van der Waals surface area (Å²) in [4.78, 5) is 20.4. The van der Waals surface area contributed by atoms with Crippen molar-refractivity contribution in [3.05, 3.63) is 11.8 Å². The molecule has 6 N–H and O–H groups in total. The number of aliphatic hydroxyl groups excluding tert-OH is 2. The summed E-state index contributed by atoms with van der Waals surface area (Å²) < 4.78 is 0. The van der Waals surface area contributed by atoms with Gasteiger partial charge in [0.05, 0.1) is 17.8 Å². The molecule has 144 valence electrons. The van der Waals surface area contributed by atoms with Crippen molar-refractivity contribution in [3.63, 3.8) is 0 Å². The number of amides is 1. The van der Waals surface area contributed by atoms with Gasteiger partial charge >= 0.3 is 0 Å². The first kappa shape index (κ1) is 18.8. The molecule has 1 aromatic rings. The summed E-state index contributed by atoms with van der Waals surface area (Å²) in [7, 11) is 0. The third-order valence-electron chi connectivity index (χ3n) is 5.58. The Morgan fingerprint density at radius 3 is 2.46 bits per heavy atom. The predicted octanol–water partition coefficient (Wildman–Crippen LogP) is 1.25. The molecule has 2 saturated carbocycles. The predicted molar refractivity (Wildman–Crippen MR) is 98.9 cm³/mol. The Bertz CT molecular complexity index is 633. The van der Waals surface area contributed by atoms with Crippen LogP contribution in [0.2, 0.25) is 0 Å². The number of primary amides is 1. The molecule has 1 aromatic heterocycles. The van der Waals surface area contributed by atoms with Crippen molar-refractivity contribution < 1.29 is 15.0 Å². The van der Waals surface area contributed by atoms with E-state index in [-0.39, 0.29) is 35.8 Å². The van der Waals surface area contributed by atoms with E-state index < -0.39 is 5.91 Å². The fraction of sp³-hybridized carbons (Fsp3) is 0.722. The number of hydrogen-bond acceptors (Lipinski definition) is 7. The molecule has 2 aliphatic carbocycles. The molecule has 8 heteroatoms. The topological polar surface area (TPSA) is 133 Å². The highest BCUT2D eigenvalue weighted by Crippen LogP contribution is 2.28. The lowest BCUT2D eigenvalue weighted by atomic mass is 9.85. The Labute approximate surface area is 153 Å². The van der Waals surface area contributed by atoms with E-state index in [1.165, 1.54) is 6.20 Å². The molecule has 0 aliphatic heterocycles. The van der Waals surface area contributed by atoms with E-state index in [9.17, 15) is 15.0 Å². The number of hydrogen-bond donors (Lipinski definition) is 5. The van der Waals surface area contributed by atoms with Crippen LogP contribution in [0.25, 0.3) is 0 Å². The standard InChI is InChI=1S/C18H29N5O3/c1-10-2-3-12(8-15(10)25)21-17-14(16(19)26)9-20-18(23-17)22-11-4-6-13(24)7-5-11/h9-13,15,24-25H,2-8H2,1H3,(H2,19,26)(H2,20,21,22,23)/t10-,11-,12?,13-,15-/m1/s1. The van der Waals surface area contributed by atoms with Gasteiger partial charge in [0.25, 0.3) is 5.91 Å². The van der Waals surface area contributed by atoms with Gasteiger partial charge < -0.3 is 26.6 Å². The highest BCUT2D eigenvalue weighted by Gasteiger charge is 2.27. The van der Waals surface area contributed by atoms with Crippen LogP contribution in [0.5, 0.6) is 0 Å². The third-order valence-corrected chi connectivity index (χ3v) is 5.58. The van der Waals surface area contributed by atoms with Crippen LogP contribution >= 0.6 is 0 Å². The van der Waals surface area contributed by atoms with Crippen LogP contribution in [-0.2, 0) is 0 Å². The Kier molecular flexibility index (Phi) is 5.93. The van der Waals surface area contributed by atoms with Crippen molar-refractivity contribution >= 4 is 17.7 Å². The average Bonchev–Trinajstić information content (AvgIpc) is 2.60. The minimum absolute atomic E-state index is 0.0480. The summed E-state index contributed by atoms with van der Waals surface area (Å²) in [5.41, 5.74) is 5.71. The van der Waals surface area contributed by atoms with Gasteiger partial charge in [0.2, 0.25) is 5.95 Å². The summed E-state index contributed by atoms with van der Waals surface area (Å²) >= 11 is 0. The zero-order valence-electron chi connectivity index (χ0n) is 15.2. The second-order valence-electron chi connectivity index (χ2n) is 7.67. The van der Waals surface area contributed by atoms with Crippen LogP contribution in [0, 0.1) is 5.92 Å². The van der Waals surface area contributed by atoms with E-state index in [0.717, 1.165) is 38.5 Å². The molecule has 0 radical (unpaired) electrons. The molecule has 0 aromatic carbocycles. The zero-order chi connectivity index (χ0) is 18.7. The molecule has 1 unspecified atom stereocenters.